The van der Waals surface area contributed by atoms with Crippen LogP contribution in [0.3, 0.4) is 0 Å². The van der Waals surface area contributed by atoms with Crippen LogP contribution in [0, 0.1) is 11.8 Å². The Labute approximate surface area is 103 Å². The Bertz CT molecular complexity index is 290. The van der Waals surface area contributed by atoms with Crippen LogP contribution in [0.15, 0.2) is 0 Å². The zero-order valence-corrected chi connectivity index (χ0v) is 11.0. The summed E-state index contributed by atoms with van der Waals surface area (Å²) in [6.45, 7) is 6.51. The molecule has 0 aliphatic carbocycles. The van der Waals surface area contributed by atoms with Crippen molar-refractivity contribution >= 4 is 11.9 Å². The summed E-state index contributed by atoms with van der Waals surface area (Å²) in [5.74, 6) is -0.678. The second kappa shape index (κ2) is 6.03. The molecule has 4 nitrogen and oxygen atoms in total. The Morgan fingerprint density at radius 1 is 1.41 bits per heavy atom. The molecule has 0 radical (unpaired) electrons. The van der Waals surface area contributed by atoms with Gasteiger partial charge in [0.2, 0.25) is 5.91 Å². The number of carbonyl (C=O) groups is 2. The van der Waals surface area contributed by atoms with E-state index in [0.29, 0.717) is 25.3 Å². The van der Waals surface area contributed by atoms with Crippen LogP contribution in [0.1, 0.15) is 46.5 Å². The van der Waals surface area contributed by atoms with Crippen LogP contribution in [0.25, 0.3) is 0 Å². The van der Waals surface area contributed by atoms with Gasteiger partial charge in [0.1, 0.15) is 0 Å². The molecule has 0 bridgehead atoms. The van der Waals surface area contributed by atoms with E-state index in [1.54, 1.807) is 4.90 Å². The highest BCUT2D eigenvalue weighted by Gasteiger charge is 2.32. The van der Waals surface area contributed by atoms with Gasteiger partial charge in [-0.25, -0.2) is 0 Å². The van der Waals surface area contributed by atoms with E-state index < -0.39 is 5.97 Å². The highest BCUT2D eigenvalue weighted by molar-refractivity contribution is 5.78. The van der Waals surface area contributed by atoms with Crippen LogP contribution in [-0.4, -0.2) is 34.5 Å². The van der Waals surface area contributed by atoms with Crippen molar-refractivity contribution < 1.29 is 14.7 Å². The van der Waals surface area contributed by atoms with Gasteiger partial charge in [0.25, 0.3) is 0 Å². The van der Waals surface area contributed by atoms with Gasteiger partial charge in [-0.3, -0.25) is 9.59 Å². The van der Waals surface area contributed by atoms with Crippen LogP contribution >= 0.6 is 0 Å². The predicted octanol–water partition coefficient (Wildman–Crippen LogP) is 2.13. The van der Waals surface area contributed by atoms with Crippen molar-refractivity contribution in [1.29, 1.82) is 0 Å². The minimum Gasteiger partial charge on any atom is -0.481 e. The van der Waals surface area contributed by atoms with Crippen molar-refractivity contribution in [3.05, 3.63) is 0 Å². The molecule has 0 aromatic rings. The maximum Gasteiger partial charge on any atom is 0.308 e. The lowest BCUT2D eigenvalue weighted by atomic mass is 9.92. The van der Waals surface area contributed by atoms with Gasteiger partial charge in [0, 0.05) is 19.0 Å². The molecule has 0 spiro atoms. The maximum absolute atomic E-state index is 12.1. The minimum atomic E-state index is -0.779. The van der Waals surface area contributed by atoms with Crippen molar-refractivity contribution in [2.45, 2.75) is 52.5 Å². The van der Waals surface area contributed by atoms with Crippen LogP contribution in [0.5, 0.6) is 0 Å². The first-order valence-electron chi connectivity index (χ1n) is 6.48. The summed E-state index contributed by atoms with van der Waals surface area (Å²) in [4.78, 5) is 24.8. The molecule has 4 heteroatoms. The molecule has 1 aliphatic rings. The Kier molecular flexibility index (Phi) is 4.97. The third-order valence-corrected chi connectivity index (χ3v) is 3.77. The molecule has 17 heavy (non-hydrogen) atoms. The third-order valence-electron chi connectivity index (χ3n) is 3.77. The summed E-state index contributed by atoms with van der Waals surface area (Å²) in [6.07, 6.45) is 3.00. The van der Waals surface area contributed by atoms with Crippen LogP contribution < -0.4 is 0 Å². The van der Waals surface area contributed by atoms with Gasteiger partial charge in [-0.05, 0) is 25.7 Å². The number of carboxylic acid groups (broad SMARTS) is 1. The van der Waals surface area contributed by atoms with Gasteiger partial charge in [0.05, 0.1) is 5.92 Å². The summed E-state index contributed by atoms with van der Waals surface area (Å²) >= 11 is 0. The maximum atomic E-state index is 12.1. The van der Waals surface area contributed by atoms with Crippen molar-refractivity contribution in [3.8, 4) is 0 Å². The van der Waals surface area contributed by atoms with Crippen LogP contribution in [0.4, 0.5) is 0 Å². The molecule has 1 amide bonds. The van der Waals surface area contributed by atoms with Crippen molar-refractivity contribution in [3.63, 3.8) is 0 Å². The number of nitrogens with zero attached hydrogens (tertiary/aromatic N) is 1. The number of likely N-dealkylation sites (tertiary alicyclic amines) is 1. The molecule has 1 heterocycles. The van der Waals surface area contributed by atoms with Gasteiger partial charge in [-0.2, -0.15) is 0 Å². The van der Waals surface area contributed by atoms with Crippen LogP contribution in [0.2, 0.25) is 0 Å². The predicted molar refractivity (Wildman–Crippen MR) is 65.6 cm³/mol. The molecule has 0 saturated carbocycles. The summed E-state index contributed by atoms with van der Waals surface area (Å²) in [5, 5.41) is 9.01. The molecule has 3 unspecified atom stereocenters. The first kappa shape index (κ1) is 14.0. The number of carbonyl (C=O) groups excluding carboxylic acids is 1. The summed E-state index contributed by atoms with van der Waals surface area (Å²) < 4.78 is 0. The minimum absolute atomic E-state index is 0.109. The van der Waals surface area contributed by atoms with E-state index in [9.17, 15) is 9.59 Å². The van der Waals surface area contributed by atoms with Gasteiger partial charge in [-0.1, -0.05) is 20.3 Å². The zero-order chi connectivity index (χ0) is 13.0. The second-order valence-electron chi connectivity index (χ2n) is 5.23. The number of amides is 1. The normalized spacial score (nSPS) is 26.6. The highest BCUT2D eigenvalue weighted by Crippen LogP contribution is 2.23. The summed E-state index contributed by atoms with van der Waals surface area (Å²) in [6, 6.07) is 0.183. The van der Waals surface area contributed by atoms with Gasteiger partial charge in [-0.15, -0.1) is 0 Å². The van der Waals surface area contributed by atoms with E-state index in [1.165, 1.54) is 0 Å². The standard InChI is InChI=1S/C13H23NO3/c1-4-9(2)7-12(15)14-8-11(13(16)17)6-5-10(14)3/h9-11H,4-8H2,1-3H3,(H,16,17). The molecule has 1 saturated heterocycles. The molecule has 98 valence electrons. The van der Waals surface area contributed by atoms with E-state index >= 15 is 0 Å². The average molecular weight is 241 g/mol. The Hall–Kier alpha value is -1.06. The molecular formula is C13H23NO3. The van der Waals surface area contributed by atoms with E-state index in [-0.39, 0.29) is 17.9 Å². The van der Waals surface area contributed by atoms with Crippen molar-refractivity contribution in [2.24, 2.45) is 11.8 Å². The fourth-order valence-corrected chi connectivity index (χ4v) is 2.22. The number of carboxylic acids is 1. The number of hydrogen-bond acceptors (Lipinski definition) is 2. The van der Waals surface area contributed by atoms with Gasteiger partial charge < -0.3 is 10.0 Å². The van der Waals surface area contributed by atoms with E-state index in [2.05, 4.69) is 13.8 Å². The second-order valence-corrected chi connectivity index (χ2v) is 5.23. The molecule has 1 aliphatic heterocycles. The first-order valence-corrected chi connectivity index (χ1v) is 6.48. The SMILES string of the molecule is CCC(C)CC(=O)N1CC(C(=O)O)CCC1C. The molecular weight excluding hydrogens is 218 g/mol. The number of rotatable bonds is 4. The number of hydrogen-bond donors (Lipinski definition) is 1. The first-order chi connectivity index (χ1) is 7.95. The molecule has 1 fully saturated rings. The van der Waals surface area contributed by atoms with E-state index in [4.69, 9.17) is 5.11 Å². The average Bonchev–Trinajstić information content (AvgIpc) is 2.28. The largest absolute Gasteiger partial charge is 0.481 e. The third kappa shape index (κ3) is 3.72. The highest BCUT2D eigenvalue weighted by atomic mass is 16.4. The Balaban J connectivity index is 2.60. The fourth-order valence-electron chi connectivity index (χ4n) is 2.22. The van der Waals surface area contributed by atoms with E-state index in [1.807, 2.05) is 6.92 Å². The van der Waals surface area contributed by atoms with Gasteiger partial charge >= 0.3 is 5.97 Å². The summed E-state index contributed by atoms with van der Waals surface area (Å²) in [5.41, 5.74) is 0. The molecule has 1 rings (SSSR count). The molecule has 3 atom stereocenters. The molecule has 1 N–H and O–H groups in total. The number of aliphatic carboxylic acids is 1. The zero-order valence-electron chi connectivity index (χ0n) is 11.0. The van der Waals surface area contributed by atoms with E-state index in [0.717, 1.165) is 12.8 Å². The lowest BCUT2D eigenvalue weighted by Crippen LogP contribution is -2.47. The Morgan fingerprint density at radius 2 is 2.06 bits per heavy atom. The smallest absolute Gasteiger partial charge is 0.308 e. The molecule has 0 aromatic heterocycles. The summed E-state index contributed by atoms with van der Waals surface area (Å²) in [7, 11) is 0. The lowest BCUT2D eigenvalue weighted by Gasteiger charge is -2.37. The molecule has 0 aromatic carbocycles. The van der Waals surface area contributed by atoms with Crippen molar-refractivity contribution in [1.82, 2.24) is 4.90 Å². The van der Waals surface area contributed by atoms with Gasteiger partial charge in [0.15, 0.2) is 0 Å². The fraction of sp³-hybridized carbons (Fsp3) is 0.846. The lowest BCUT2D eigenvalue weighted by molar-refractivity contribution is -0.147. The Morgan fingerprint density at radius 3 is 2.59 bits per heavy atom. The van der Waals surface area contributed by atoms with Crippen LogP contribution in [-0.2, 0) is 9.59 Å². The quantitative estimate of drug-likeness (QED) is 0.820. The number of piperidine rings is 1. The monoisotopic (exact) mass is 241 g/mol. The topological polar surface area (TPSA) is 57.6 Å². The van der Waals surface area contributed by atoms with Crippen molar-refractivity contribution in [2.75, 3.05) is 6.54 Å².